The van der Waals surface area contributed by atoms with Crippen molar-refractivity contribution in [1.82, 2.24) is 0 Å². The van der Waals surface area contributed by atoms with E-state index in [0.717, 1.165) is 39.3 Å². The summed E-state index contributed by atoms with van der Waals surface area (Å²) in [6.07, 6.45) is 20.9. The molecule has 0 aromatic carbocycles. The van der Waals surface area contributed by atoms with E-state index in [-0.39, 0.29) is 0 Å². The molecule has 0 aromatic rings. The number of hydrogen-bond donors (Lipinski definition) is 0. The zero-order chi connectivity index (χ0) is 16.8. The molecule has 0 heterocycles. The average Bonchev–Trinajstić information content (AvgIpc) is 2.57. The van der Waals surface area contributed by atoms with Crippen LogP contribution in [0.3, 0.4) is 0 Å². The third kappa shape index (κ3) is 21.9. The van der Waals surface area contributed by atoms with Crippen LogP contribution < -0.4 is 0 Å². The lowest BCUT2D eigenvalue weighted by Crippen LogP contribution is -1.95. The van der Waals surface area contributed by atoms with Crippen LogP contribution >= 0.6 is 0 Å². The van der Waals surface area contributed by atoms with Gasteiger partial charge in [-0.25, -0.2) is 0 Å². The summed E-state index contributed by atoms with van der Waals surface area (Å²) in [5.74, 6) is 0. The number of unbranched alkanes of at least 4 members (excludes halogenated alkanes) is 12. The van der Waals surface area contributed by atoms with E-state index in [2.05, 4.69) is 20.3 Å². The Morgan fingerprint density at radius 1 is 0.478 bits per heavy atom. The molecule has 0 N–H and O–H groups in total. The molecular formula is C21H43O2. The van der Waals surface area contributed by atoms with E-state index in [1.165, 1.54) is 77.0 Å². The Balaban J connectivity index is 2.92. The summed E-state index contributed by atoms with van der Waals surface area (Å²) in [6.45, 7) is 8.12. The van der Waals surface area contributed by atoms with Gasteiger partial charge in [-0.3, -0.25) is 0 Å². The second-order valence-corrected chi connectivity index (χ2v) is 6.63. The minimum atomic E-state index is 0.932. The Hall–Kier alpha value is -0.0800. The van der Waals surface area contributed by atoms with E-state index in [1.807, 2.05) is 0 Å². The third-order valence-electron chi connectivity index (χ3n) is 4.09. The van der Waals surface area contributed by atoms with Gasteiger partial charge in [-0.15, -0.1) is 0 Å². The van der Waals surface area contributed by atoms with E-state index in [9.17, 15) is 0 Å². The van der Waals surface area contributed by atoms with Gasteiger partial charge in [0.25, 0.3) is 0 Å². The molecule has 0 aromatic heterocycles. The summed E-state index contributed by atoms with van der Waals surface area (Å²) in [4.78, 5) is 0. The summed E-state index contributed by atoms with van der Waals surface area (Å²) in [7, 11) is 0. The average molecular weight is 328 g/mol. The SMILES string of the molecule is CCCOCCCCCCC[CH]CCCCCCCOCCC. The Labute approximate surface area is 146 Å². The first kappa shape index (κ1) is 22.9. The maximum atomic E-state index is 5.49. The molecule has 0 bridgehead atoms. The molecular weight excluding hydrogens is 284 g/mol. The van der Waals surface area contributed by atoms with Gasteiger partial charge >= 0.3 is 0 Å². The van der Waals surface area contributed by atoms with Crippen molar-refractivity contribution in [3.8, 4) is 0 Å². The number of rotatable bonds is 20. The zero-order valence-electron chi connectivity index (χ0n) is 16.1. The highest BCUT2D eigenvalue weighted by Gasteiger charge is 1.95. The smallest absolute Gasteiger partial charge is 0.0466 e. The maximum Gasteiger partial charge on any atom is 0.0466 e. The maximum absolute atomic E-state index is 5.49. The second-order valence-electron chi connectivity index (χ2n) is 6.63. The van der Waals surface area contributed by atoms with Gasteiger partial charge in [0.1, 0.15) is 0 Å². The molecule has 0 unspecified atom stereocenters. The van der Waals surface area contributed by atoms with Gasteiger partial charge in [0.15, 0.2) is 0 Å². The highest BCUT2D eigenvalue weighted by molar-refractivity contribution is 4.64. The summed E-state index contributed by atoms with van der Waals surface area (Å²) >= 11 is 0. The number of ether oxygens (including phenoxy) is 2. The summed E-state index contributed by atoms with van der Waals surface area (Å²) < 4.78 is 11.0. The predicted molar refractivity (Wildman–Crippen MR) is 102 cm³/mol. The molecule has 0 saturated carbocycles. The summed E-state index contributed by atoms with van der Waals surface area (Å²) in [5.41, 5.74) is 0. The van der Waals surface area contributed by atoms with Crippen LogP contribution in [0.25, 0.3) is 0 Å². The van der Waals surface area contributed by atoms with Gasteiger partial charge in [-0.1, -0.05) is 78.1 Å². The molecule has 0 spiro atoms. The van der Waals surface area contributed by atoms with Crippen molar-refractivity contribution in [2.24, 2.45) is 0 Å². The lowest BCUT2D eigenvalue weighted by atomic mass is 10.0. The quantitative estimate of drug-likeness (QED) is 0.231. The normalized spacial score (nSPS) is 11.2. The molecule has 0 fully saturated rings. The van der Waals surface area contributed by atoms with Crippen molar-refractivity contribution >= 4 is 0 Å². The molecule has 2 nitrogen and oxygen atoms in total. The minimum absolute atomic E-state index is 0.932. The van der Waals surface area contributed by atoms with Crippen molar-refractivity contribution in [3.05, 3.63) is 6.42 Å². The van der Waals surface area contributed by atoms with Crippen LogP contribution in [-0.2, 0) is 9.47 Å². The van der Waals surface area contributed by atoms with Crippen LogP contribution in [-0.4, -0.2) is 26.4 Å². The molecule has 1 radical (unpaired) electrons. The predicted octanol–water partition coefficient (Wildman–Crippen LogP) is 6.73. The molecule has 0 rings (SSSR count). The first-order valence-electron chi connectivity index (χ1n) is 10.4. The van der Waals surface area contributed by atoms with Crippen molar-refractivity contribution < 1.29 is 9.47 Å². The van der Waals surface area contributed by atoms with Gasteiger partial charge in [-0.2, -0.15) is 0 Å². The molecule has 0 atom stereocenters. The van der Waals surface area contributed by atoms with E-state index in [0.29, 0.717) is 0 Å². The Morgan fingerprint density at radius 3 is 1.30 bits per heavy atom. The molecule has 0 aliphatic rings. The fourth-order valence-electron chi connectivity index (χ4n) is 2.68. The largest absolute Gasteiger partial charge is 0.381 e. The molecule has 23 heavy (non-hydrogen) atoms. The summed E-state index contributed by atoms with van der Waals surface area (Å²) in [6, 6.07) is 0. The molecule has 2 heteroatoms. The highest BCUT2D eigenvalue weighted by atomic mass is 16.5. The lowest BCUT2D eigenvalue weighted by molar-refractivity contribution is 0.130. The topological polar surface area (TPSA) is 18.5 Å². The van der Waals surface area contributed by atoms with Crippen molar-refractivity contribution in [2.75, 3.05) is 26.4 Å². The van der Waals surface area contributed by atoms with Crippen molar-refractivity contribution in [2.45, 2.75) is 104 Å². The summed E-state index contributed by atoms with van der Waals surface area (Å²) in [5, 5.41) is 0. The Kier molecular flexibility index (Phi) is 21.8. The molecule has 0 saturated heterocycles. The van der Waals surface area contributed by atoms with E-state index in [1.54, 1.807) is 0 Å². The van der Waals surface area contributed by atoms with Crippen LogP contribution in [0, 0.1) is 6.42 Å². The van der Waals surface area contributed by atoms with Crippen molar-refractivity contribution in [1.29, 1.82) is 0 Å². The monoisotopic (exact) mass is 327 g/mol. The van der Waals surface area contributed by atoms with Crippen LogP contribution in [0.4, 0.5) is 0 Å². The molecule has 0 aliphatic carbocycles. The van der Waals surface area contributed by atoms with Crippen molar-refractivity contribution in [3.63, 3.8) is 0 Å². The van der Waals surface area contributed by atoms with Gasteiger partial charge in [0.05, 0.1) is 0 Å². The molecule has 139 valence electrons. The zero-order valence-corrected chi connectivity index (χ0v) is 16.1. The van der Waals surface area contributed by atoms with E-state index >= 15 is 0 Å². The standard InChI is InChI=1S/C21H43O2/c1-3-18-22-20-16-14-12-10-8-6-5-7-9-11-13-15-17-21-23-19-4-2/h5H,3-4,6-21H2,1-2H3. The van der Waals surface area contributed by atoms with E-state index < -0.39 is 0 Å². The van der Waals surface area contributed by atoms with Crippen LogP contribution in [0.2, 0.25) is 0 Å². The Morgan fingerprint density at radius 2 is 0.870 bits per heavy atom. The van der Waals surface area contributed by atoms with Gasteiger partial charge < -0.3 is 9.47 Å². The van der Waals surface area contributed by atoms with E-state index in [4.69, 9.17) is 9.47 Å². The Bertz CT molecular complexity index is 174. The van der Waals surface area contributed by atoms with Crippen LogP contribution in [0.1, 0.15) is 104 Å². The minimum Gasteiger partial charge on any atom is -0.381 e. The van der Waals surface area contributed by atoms with Gasteiger partial charge in [-0.05, 0) is 32.1 Å². The van der Waals surface area contributed by atoms with Gasteiger partial charge in [0.2, 0.25) is 0 Å². The molecule has 0 amide bonds. The number of hydrogen-bond acceptors (Lipinski definition) is 2. The lowest BCUT2D eigenvalue weighted by Gasteiger charge is -2.04. The molecule has 0 aliphatic heterocycles. The first-order chi connectivity index (χ1) is 11.4. The third-order valence-corrected chi connectivity index (χ3v) is 4.09. The van der Waals surface area contributed by atoms with Crippen LogP contribution in [0.5, 0.6) is 0 Å². The fraction of sp³-hybridized carbons (Fsp3) is 0.952. The second kappa shape index (κ2) is 21.9. The highest BCUT2D eigenvalue weighted by Crippen LogP contribution is 2.12. The van der Waals surface area contributed by atoms with Crippen LogP contribution in [0.15, 0.2) is 0 Å². The first-order valence-corrected chi connectivity index (χ1v) is 10.4. The fourth-order valence-corrected chi connectivity index (χ4v) is 2.68. The van der Waals surface area contributed by atoms with Gasteiger partial charge in [0, 0.05) is 26.4 Å².